The van der Waals surface area contributed by atoms with Crippen LogP contribution in [0.15, 0.2) is 71.3 Å². The molecule has 0 bridgehead atoms. The molecular formula is C24H18BrClF4N2O2. The van der Waals surface area contributed by atoms with Crippen molar-refractivity contribution in [3.63, 3.8) is 0 Å². The lowest BCUT2D eigenvalue weighted by Gasteiger charge is -2.12. The van der Waals surface area contributed by atoms with E-state index in [1.54, 1.807) is 30.3 Å². The molecule has 0 amide bonds. The van der Waals surface area contributed by atoms with Crippen LogP contribution in [0.1, 0.15) is 11.1 Å². The SMILES string of the molecule is COc1cc(OCc2ccc(Br)cc2F)ccc1-c1cnc(-c2ccccc2C(F)(F)F)[nH]1.Cl. The third-order valence-electron chi connectivity index (χ3n) is 4.94. The van der Waals surface area contributed by atoms with Gasteiger partial charge < -0.3 is 14.5 Å². The molecule has 1 aromatic heterocycles. The van der Waals surface area contributed by atoms with Crippen molar-refractivity contribution < 1.29 is 27.0 Å². The summed E-state index contributed by atoms with van der Waals surface area (Å²) in [5.74, 6) is 0.561. The summed E-state index contributed by atoms with van der Waals surface area (Å²) in [5.41, 5.74) is 0.628. The summed E-state index contributed by atoms with van der Waals surface area (Å²) < 4.78 is 65.9. The fourth-order valence-electron chi connectivity index (χ4n) is 3.32. The molecule has 0 radical (unpaired) electrons. The normalized spacial score (nSPS) is 11.1. The molecule has 0 aliphatic rings. The van der Waals surface area contributed by atoms with Gasteiger partial charge in [-0.2, -0.15) is 13.2 Å². The second-order valence-corrected chi connectivity index (χ2v) is 7.99. The fraction of sp³-hybridized carbons (Fsp3) is 0.125. The first-order valence-corrected chi connectivity index (χ1v) is 10.5. The van der Waals surface area contributed by atoms with E-state index < -0.39 is 17.6 Å². The number of hydrogen-bond donors (Lipinski definition) is 1. The zero-order valence-electron chi connectivity index (χ0n) is 17.6. The van der Waals surface area contributed by atoms with Crippen molar-refractivity contribution in [1.29, 1.82) is 0 Å². The number of alkyl halides is 3. The van der Waals surface area contributed by atoms with E-state index in [2.05, 4.69) is 25.9 Å². The summed E-state index contributed by atoms with van der Waals surface area (Å²) in [7, 11) is 1.47. The van der Waals surface area contributed by atoms with Crippen LogP contribution in [-0.2, 0) is 12.8 Å². The Kier molecular flexibility index (Phi) is 7.89. The van der Waals surface area contributed by atoms with E-state index in [1.165, 1.54) is 37.6 Å². The van der Waals surface area contributed by atoms with Gasteiger partial charge in [0.05, 0.1) is 24.6 Å². The molecule has 4 aromatic rings. The van der Waals surface area contributed by atoms with Crippen LogP contribution in [-0.4, -0.2) is 17.1 Å². The Morgan fingerprint density at radius 3 is 2.47 bits per heavy atom. The van der Waals surface area contributed by atoms with E-state index in [9.17, 15) is 17.6 Å². The predicted molar refractivity (Wildman–Crippen MR) is 127 cm³/mol. The summed E-state index contributed by atoms with van der Waals surface area (Å²) in [6.07, 6.45) is -3.06. The van der Waals surface area contributed by atoms with Crippen molar-refractivity contribution >= 4 is 28.3 Å². The molecular weight excluding hydrogens is 540 g/mol. The summed E-state index contributed by atoms with van der Waals surface area (Å²) in [6.45, 7) is 0.0179. The maximum absolute atomic E-state index is 14.0. The van der Waals surface area contributed by atoms with Crippen molar-refractivity contribution in [3.8, 4) is 34.1 Å². The van der Waals surface area contributed by atoms with Gasteiger partial charge >= 0.3 is 6.18 Å². The monoisotopic (exact) mass is 556 g/mol. The Labute approximate surface area is 207 Å². The van der Waals surface area contributed by atoms with Crippen LogP contribution in [0.25, 0.3) is 22.6 Å². The number of nitrogens with zero attached hydrogens (tertiary/aromatic N) is 1. The number of rotatable bonds is 6. The van der Waals surface area contributed by atoms with E-state index in [0.29, 0.717) is 32.8 Å². The highest BCUT2D eigenvalue weighted by molar-refractivity contribution is 9.10. The maximum atomic E-state index is 14.0. The molecule has 0 saturated heterocycles. The van der Waals surface area contributed by atoms with Gasteiger partial charge in [0.15, 0.2) is 0 Å². The molecule has 0 unspecified atom stereocenters. The summed E-state index contributed by atoms with van der Waals surface area (Å²) >= 11 is 3.21. The molecule has 4 nitrogen and oxygen atoms in total. The van der Waals surface area contributed by atoms with Crippen LogP contribution in [0.5, 0.6) is 11.5 Å². The first kappa shape index (κ1) is 25.6. The number of halogens is 6. The van der Waals surface area contributed by atoms with E-state index in [4.69, 9.17) is 9.47 Å². The van der Waals surface area contributed by atoms with Gasteiger partial charge in [-0.25, -0.2) is 9.37 Å². The number of ether oxygens (including phenoxy) is 2. The summed E-state index contributed by atoms with van der Waals surface area (Å²) in [5, 5.41) is 0. The number of benzene rings is 3. The molecule has 10 heteroatoms. The van der Waals surface area contributed by atoms with Crippen LogP contribution in [0, 0.1) is 5.82 Å². The van der Waals surface area contributed by atoms with Crippen LogP contribution in [0.3, 0.4) is 0 Å². The van der Waals surface area contributed by atoms with Crippen LogP contribution < -0.4 is 9.47 Å². The highest BCUT2D eigenvalue weighted by Gasteiger charge is 2.34. The fourth-order valence-corrected chi connectivity index (χ4v) is 3.65. The van der Waals surface area contributed by atoms with Crippen molar-refractivity contribution in [2.24, 2.45) is 0 Å². The quantitative estimate of drug-likeness (QED) is 0.248. The van der Waals surface area contributed by atoms with Gasteiger partial charge in [0.2, 0.25) is 0 Å². The average molecular weight is 558 g/mol. The minimum absolute atomic E-state index is 0. The molecule has 0 spiro atoms. The van der Waals surface area contributed by atoms with E-state index in [1.807, 2.05) is 0 Å². The van der Waals surface area contributed by atoms with Gasteiger partial charge in [0, 0.05) is 27.2 Å². The lowest BCUT2D eigenvalue weighted by Crippen LogP contribution is -2.07. The third-order valence-corrected chi connectivity index (χ3v) is 5.43. The first-order valence-electron chi connectivity index (χ1n) is 9.73. The van der Waals surface area contributed by atoms with Crippen molar-refractivity contribution in [2.45, 2.75) is 12.8 Å². The van der Waals surface area contributed by atoms with Crippen LogP contribution in [0.4, 0.5) is 17.6 Å². The van der Waals surface area contributed by atoms with E-state index in [-0.39, 0.29) is 30.4 Å². The smallest absolute Gasteiger partial charge is 0.417 e. The van der Waals surface area contributed by atoms with Crippen molar-refractivity contribution in [1.82, 2.24) is 9.97 Å². The Hall–Kier alpha value is -3.04. The molecule has 34 heavy (non-hydrogen) atoms. The molecule has 0 saturated carbocycles. The van der Waals surface area contributed by atoms with Gasteiger partial charge in [-0.15, -0.1) is 12.4 Å². The molecule has 0 fully saturated rings. The van der Waals surface area contributed by atoms with Gasteiger partial charge in [-0.1, -0.05) is 40.2 Å². The lowest BCUT2D eigenvalue weighted by atomic mass is 10.1. The van der Waals surface area contributed by atoms with Gasteiger partial charge in [-0.05, 0) is 30.3 Å². The standard InChI is InChI=1S/C24H17BrF4N2O2.ClH/c1-32-22-11-16(33-13-14-6-7-15(25)10-20(14)26)8-9-18(22)21-12-30-23(31-21)17-4-2-3-5-19(17)24(27,28)29;/h2-12H,13H2,1H3,(H,30,31);1H. The number of aromatic nitrogens is 2. The highest BCUT2D eigenvalue weighted by atomic mass is 79.9. The Bertz CT molecular complexity index is 1290. The number of hydrogen-bond acceptors (Lipinski definition) is 3. The molecule has 0 aliphatic heterocycles. The lowest BCUT2D eigenvalue weighted by molar-refractivity contribution is -0.137. The van der Waals surface area contributed by atoms with Crippen LogP contribution in [0.2, 0.25) is 0 Å². The third kappa shape index (κ3) is 5.53. The minimum atomic E-state index is -4.51. The largest absolute Gasteiger partial charge is 0.496 e. The first-order chi connectivity index (χ1) is 15.8. The van der Waals surface area contributed by atoms with Gasteiger partial charge in [0.1, 0.15) is 29.7 Å². The van der Waals surface area contributed by atoms with Crippen molar-refractivity contribution in [2.75, 3.05) is 7.11 Å². The molecule has 1 N–H and O–H groups in total. The second-order valence-electron chi connectivity index (χ2n) is 7.08. The highest BCUT2D eigenvalue weighted by Crippen LogP contribution is 2.38. The van der Waals surface area contributed by atoms with Crippen LogP contribution >= 0.6 is 28.3 Å². The number of H-pyrrole nitrogens is 1. The molecule has 1 heterocycles. The molecule has 178 valence electrons. The zero-order valence-corrected chi connectivity index (χ0v) is 20.0. The molecule has 4 rings (SSSR count). The Morgan fingerprint density at radius 1 is 1.00 bits per heavy atom. The topological polar surface area (TPSA) is 47.1 Å². The molecule has 0 aliphatic carbocycles. The minimum Gasteiger partial charge on any atom is -0.496 e. The van der Waals surface area contributed by atoms with Gasteiger partial charge in [-0.3, -0.25) is 0 Å². The number of aromatic amines is 1. The molecule has 3 aromatic carbocycles. The summed E-state index contributed by atoms with van der Waals surface area (Å²) in [4.78, 5) is 7.08. The van der Waals surface area contributed by atoms with E-state index in [0.717, 1.165) is 6.07 Å². The predicted octanol–water partition coefficient (Wildman–Crippen LogP) is 7.67. The molecule has 0 atom stereocenters. The Balaban J connectivity index is 0.00000324. The van der Waals surface area contributed by atoms with Gasteiger partial charge in [0.25, 0.3) is 0 Å². The number of nitrogens with one attached hydrogen (secondary N) is 1. The van der Waals surface area contributed by atoms with Crippen molar-refractivity contribution in [3.05, 3.63) is 88.3 Å². The average Bonchev–Trinajstić information content (AvgIpc) is 3.27. The summed E-state index contributed by atoms with van der Waals surface area (Å²) in [6, 6.07) is 14.9. The maximum Gasteiger partial charge on any atom is 0.417 e. The van der Waals surface area contributed by atoms with E-state index >= 15 is 0 Å². The number of methoxy groups -OCH3 is 1. The zero-order chi connectivity index (χ0) is 23.6. The number of imidazole rings is 1. The second kappa shape index (κ2) is 10.5. The Morgan fingerprint density at radius 2 is 1.76 bits per heavy atom.